The van der Waals surface area contributed by atoms with Gasteiger partial charge in [0.2, 0.25) is 0 Å². The van der Waals surface area contributed by atoms with Crippen LogP contribution < -0.4 is 0 Å². The third-order valence-corrected chi connectivity index (χ3v) is 2.34. The van der Waals surface area contributed by atoms with Crippen molar-refractivity contribution in [1.29, 1.82) is 0 Å². The van der Waals surface area contributed by atoms with Gasteiger partial charge in [-0.2, -0.15) is 0 Å². The summed E-state index contributed by atoms with van der Waals surface area (Å²) < 4.78 is 0. The summed E-state index contributed by atoms with van der Waals surface area (Å²) in [5.41, 5.74) is 3.27. The lowest BCUT2D eigenvalue weighted by Gasteiger charge is -2.04. The van der Waals surface area contributed by atoms with Crippen LogP contribution in [0, 0.1) is 0 Å². The number of aliphatic hydroxyl groups excluding tert-OH is 1. The molecule has 2 heteroatoms. The lowest BCUT2D eigenvalue weighted by molar-refractivity contribution is 0.343. The fraction of sp³-hybridized carbons (Fsp3) is 0.0714. The van der Waals surface area contributed by atoms with Gasteiger partial charge >= 0.3 is 0 Å². The number of nitrogens with zero attached hydrogens (tertiary/aromatic N) is 1. The lowest BCUT2D eigenvalue weighted by Crippen LogP contribution is -1.85. The number of benzene rings is 1. The summed E-state index contributed by atoms with van der Waals surface area (Å²) in [4.78, 5) is 4.13. The molecule has 16 heavy (non-hydrogen) atoms. The van der Waals surface area contributed by atoms with E-state index in [1.807, 2.05) is 48.7 Å². The normalized spacial score (nSPS) is 10.8. The van der Waals surface area contributed by atoms with Gasteiger partial charge in [-0.3, -0.25) is 4.98 Å². The van der Waals surface area contributed by atoms with Crippen LogP contribution in [0.1, 0.15) is 5.56 Å². The van der Waals surface area contributed by atoms with E-state index in [0.717, 1.165) is 16.7 Å². The van der Waals surface area contributed by atoms with Crippen molar-refractivity contribution in [2.24, 2.45) is 0 Å². The van der Waals surface area contributed by atoms with E-state index in [-0.39, 0.29) is 6.61 Å². The lowest BCUT2D eigenvalue weighted by atomic mass is 10.0. The molecule has 0 aliphatic rings. The SMILES string of the molecule is OC/C=C/c1ccncc1-c1ccccc1. The van der Waals surface area contributed by atoms with Crippen molar-refractivity contribution in [3.63, 3.8) is 0 Å². The predicted octanol–water partition coefficient (Wildman–Crippen LogP) is 2.75. The van der Waals surface area contributed by atoms with Gasteiger partial charge in [0.05, 0.1) is 6.61 Å². The first-order chi connectivity index (χ1) is 7.92. The molecule has 80 valence electrons. The second kappa shape index (κ2) is 5.24. The smallest absolute Gasteiger partial charge is 0.0615 e. The Hall–Kier alpha value is -1.93. The highest BCUT2D eigenvalue weighted by molar-refractivity contribution is 5.74. The third-order valence-electron chi connectivity index (χ3n) is 2.34. The Kier molecular flexibility index (Phi) is 3.46. The van der Waals surface area contributed by atoms with E-state index in [1.54, 1.807) is 12.3 Å². The minimum Gasteiger partial charge on any atom is -0.392 e. The molecule has 0 amide bonds. The molecule has 1 heterocycles. The van der Waals surface area contributed by atoms with Crippen molar-refractivity contribution in [2.45, 2.75) is 0 Å². The van der Waals surface area contributed by atoms with Gasteiger partial charge in [0, 0.05) is 18.0 Å². The van der Waals surface area contributed by atoms with Crippen LogP contribution >= 0.6 is 0 Å². The first-order valence-corrected chi connectivity index (χ1v) is 5.18. The maximum absolute atomic E-state index is 8.79. The summed E-state index contributed by atoms with van der Waals surface area (Å²) >= 11 is 0. The van der Waals surface area contributed by atoms with Crippen molar-refractivity contribution < 1.29 is 5.11 Å². The highest BCUT2D eigenvalue weighted by Gasteiger charge is 2.01. The summed E-state index contributed by atoms with van der Waals surface area (Å²) in [7, 11) is 0. The van der Waals surface area contributed by atoms with Crippen molar-refractivity contribution in [3.05, 3.63) is 60.4 Å². The van der Waals surface area contributed by atoms with Gasteiger partial charge in [-0.25, -0.2) is 0 Å². The summed E-state index contributed by atoms with van der Waals surface area (Å²) in [5, 5.41) is 8.79. The van der Waals surface area contributed by atoms with Crippen LogP contribution in [-0.2, 0) is 0 Å². The molecule has 1 aromatic carbocycles. The van der Waals surface area contributed by atoms with Gasteiger partial charge in [0.25, 0.3) is 0 Å². The van der Waals surface area contributed by atoms with E-state index >= 15 is 0 Å². The second-order valence-corrected chi connectivity index (χ2v) is 3.41. The Morgan fingerprint density at radius 1 is 1.12 bits per heavy atom. The van der Waals surface area contributed by atoms with Crippen LogP contribution in [0.4, 0.5) is 0 Å². The number of hydrogen-bond acceptors (Lipinski definition) is 2. The van der Waals surface area contributed by atoms with Crippen molar-refractivity contribution >= 4 is 6.08 Å². The molecule has 0 fully saturated rings. The maximum atomic E-state index is 8.79. The highest BCUT2D eigenvalue weighted by atomic mass is 16.2. The Morgan fingerprint density at radius 3 is 2.69 bits per heavy atom. The predicted molar refractivity (Wildman–Crippen MR) is 65.8 cm³/mol. The number of pyridine rings is 1. The van der Waals surface area contributed by atoms with E-state index < -0.39 is 0 Å². The zero-order valence-corrected chi connectivity index (χ0v) is 8.88. The Bertz CT molecular complexity index is 477. The molecule has 1 N–H and O–H groups in total. The third kappa shape index (κ3) is 2.35. The second-order valence-electron chi connectivity index (χ2n) is 3.41. The molecular formula is C14H13NO. The van der Waals surface area contributed by atoms with Crippen LogP contribution in [-0.4, -0.2) is 16.7 Å². The minimum absolute atomic E-state index is 0.0521. The minimum atomic E-state index is 0.0521. The largest absolute Gasteiger partial charge is 0.392 e. The molecule has 0 unspecified atom stereocenters. The number of aromatic nitrogens is 1. The zero-order valence-electron chi connectivity index (χ0n) is 8.88. The van der Waals surface area contributed by atoms with Gasteiger partial charge in [0.15, 0.2) is 0 Å². The van der Waals surface area contributed by atoms with E-state index in [0.29, 0.717) is 0 Å². The Balaban J connectivity index is 2.45. The summed E-state index contributed by atoms with van der Waals surface area (Å²) in [6, 6.07) is 12.0. The Labute approximate surface area is 94.9 Å². The molecule has 2 rings (SSSR count). The van der Waals surface area contributed by atoms with E-state index in [2.05, 4.69) is 4.98 Å². The summed E-state index contributed by atoms with van der Waals surface area (Å²) in [6.07, 6.45) is 7.22. The van der Waals surface area contributed by atoms with Crippen LogP contribution in [0.25, 0.3) is 17.2 Å². The fourth-order valence-electron chi connectivity index (χ4n) is 1.59. The number of rotatable bonds is 3. The zero-order chi connectivity index (χ0) is 11.2. The average molecular weight is 211 g/mol. The molecule has 0 radical (unpaired) electrons. The molecule has 0 aliphatic heterocycles. The van der Waals surface area contributed by atoms with Gasteiger partial charge in [-0.15, -0.1) is 0 Å². The molecule has 0 atom stereocenters. The summed E-state index contributed by atoms with van der Waals surface area (Å²) in [6.45, 7) is 0.0521. The van der Waals surface area contributed by atoms with E-state index in [9.17, 15) is 0 Å². The number of hydrogen-bond donors (Lipinski definition) is 1. The standard InChI is InChI=1S/C14H13NO/c16-10-4-7-13-8-9-15-11-14(13)12-5-2-1-3-6-12/h1-9,11,16H,10H2/b7-4+. The fourth-order valence-corrected chi connectivity index (χ4v) is 1.59. The van der Waals surface area contributed by atoms with Crippen LogP contribution in [0.2, 0.25) is 0 Å². The molecule has 0 aliphatic carbocycles. The van der Waals surface area contributed by atoms with Gasteiger partial charge in [-0.05, 0) is 17.2 Å². The quantitative estimate of drug-likeness (QED) is 0.846. The maximum Gasteiger partial charge on any atom is 0.0615 e. The van der Waals surface area contributed by atoms with E-state index in [4.69, 9.17) is 5.11 Å². The van der Waals surface area contributed by atoms with Crippen LogP contribution in [0.15, 0.2) is 54.9 Å². The molecule has 0 saturated heterocycles. The molecular weight excluding hydrogens is 198 g/mol. The summed E-state index contributed by atoms with van der Waals surface area (Å²) in [5.74, 6) is 0. The average Bonchev–Trinajstić information content (AvgIpc) is 2.38. The molecule has 2 aromatic rings. The first kappa shape index (κ1) is 10.6. The first-order valence-electron chi connectivity index (χ1n) is 5.18. The van der Waals surface area contributed by atoms with Gasteiger partial charge in [0.1, 0.15) is 0 Å². The van der Waals surface area contributed by atoms with Crippen LogP contribution in [0.3, 0.4) is 0 Å². The van der Waals surface area contributed by atoms with E-state index in [1.165, 1.54) is 0 Å². The van der Waals surface area contributed by atoms with Crippen LogP contribution in [0.5, 0.6) is 0 Å². The Morgan fingerprint density at radius 2 is 1.94 bits per heavy atom. The number of aliphatic hydroxyl groups is 1. The molecule has 0 saturated carbocycles. The monoisotopic (exact) mass is 211 g/mol. The van der Waals surface area contributed by atoms with Gasteiger partial charge < -0.3 is 5.11 Å². The molecule has 1 aromatic heterocycles. The van der Waals surface area contributed by atoms with Crippen molar-refractivity contribution in [3.8, 4) is 11.1 Å². The molecule has 0 bridgehead atoms. The van der Waals surface area contributed by atoms with Crippen molar-refractivity contribution in [1.82, 2.24) is 4.98 Å². The molecule has 0 spiro atoms. The van der Waals surface area contributed by atoms with Gasteiger partial charge in [-0.1, -0.05) is 42.5 Å². The van der Waals surface area contributed by atoms with Crippen molar-refractivity contribution in [2.75, 3.05) is 6.61 Å². The highest BCUT2D eigenvalue weighted by Crippen LogP contribution is 2.23. The topological polar surface area (TPSA) is 33.1 Å². The molecule has 2 nitrogen and oxygen atoms in total.